The summed E-state index contributed by atoms with van der Waals surface area (Å²) in [7, 11) is 1.82. The zero-order valence-electron chi connectivity index (χ0n) is 17.1. The normalized spacial score (nSPS) is 16.7. The number of halogens is 1. The number of hydrogen-bond donors (Lipinski definition) is 0. The second-order valence-electron chi connectivity index (χ2n) is 7.59. The van der Waals surface area contributed by atoms with Gasteiger partial charge in [-0.2, -0.15) is 0 Å². The summed E-state index contributed by atoms with van der Waals surface area (Å²) in [6, 6.07) is 14.7. The van der Waals surface area contributed by atoms with Gasteiger partial charge in [-0.05, 0) is 57.0 Å². The molecule has 4 rings (SSSR count). The fraction of sp³-hybridized carbons (Fsp3) is 0.435. The van der Waals surface area contributed by atoms with Gasteiger partial charge in [-0.1, -0.05) is 30.0 Å². The predicted octanol–water partition coefficient (Wildman–Crippen LogP) is 5.41. The van der Waals surface area contributed by atoms with Crippen LogP contribution in [0, 0.1) is 0 Å². The zero-order valence-corrected chi connectivity index (χ0v) is 18.7. The molecule has 0 saturated carbocycles. The number of carbonyl (C=O) groups is 1. The Morgan fingerprint density at radius 1 is 1.07 bits per heavy atom. The molecule has 6 heteroatoms. The molecule has 4 nitrogen and oxygen atoms in total. The summed E-state index contributed by atoms with van der Waals surface area (Å²) >= 11 is 1.79. The van der Waals surface area contributed by atoms with Gasteiger partial charge in [0.15, 0.2) is 5.78 Å². The number of methoxy groups -OCH3 is 1. The molecule has 0 radical (unpaired) electrons. The molecular weight excluding hydrogens is 404 g/mol. The summed E-state index contributed by atoms with van der Waals surface area (Å²) in [5.74, 6) is 0.118. The molecule has 2 aromatic rings. The minimum absolute atomic E-state index is 0. The average molecular weight is 433 g/mol. The van der Waals surface area contributed by atoms with Gasteiger partial charge in [0.05, 0.1) is 17.5 Å². The molecule has 0 aliphatic carbocycles. The van der Waals surface area contributed by atoms with Crippen molar-refractivity contribution in [1.29, 1.82) is 0 Å². The summed E-state index contributed by atoms with van der Waals surface area (Å²) in [6.07, 6.45) is 3.79. The monoisotopic (exact) mass is 432 g/mol. The van der Waals surface area contributed by atoms with Gasteiger partial charge in [-0.15, -0.1) is 12.4 Å². The Morgan fingerprint density at radius 2 is 1.79 bits per heavy atom. The Morgan fingerprint density at radius 3 is 2.52 bits per heavy atom. The number of fused-ring (bicyclic) bond motifs is 2. The molecule has 0 unspecified atom stereocenters. The van der Waals surface area contributed by atoms with Crippen LogP contribution in [0.2, 0.25) is 0 Å². The van der Waals surface area contributed by atoms with E-state index in [-0.39, 0.29) is 18.2 Å². The lowest BCUT2D eigenvalue weighted by Gasteiger charge is -2.35. The first-order valence-corrected chi connectivity index (χ1v) is 10.9. The molecule has 0 aromatic heterocycles. The number of anilines is 2. The van der Waals surface area contributed by atoms with Gasteiger partial charge in [-0.3, -0.25) is 4.79 Å². The standard InChI is InChI=1S/C23H28N2O2S.ClH/c1-17(26)18-8-9-23-21(16-18)25(20-6-3-4-7-22(20)28-23)13-5-12-24-14-10-19(27-2)11-15-24;/h3-4,6-9,16,19H,5,10-15H2,1-2H3;1H. The fourth-order valence-corrected chi connectivity index (χ4v) is 5.19. The minimum Gasteiger partial charge on any atom is -0.381 e. The lowest BCUT2D eigenvalue weighted by Crippen LogP contribution is -2.38. The molecule has 1 saturated heterocycles. The van der Waals surface area contributed by atoms with Gasteiger partial charge in [0.1, 0.15) is 0 Å². The largest absolute Gasteiger partial charge is 0.381 e. The lowest BCUT2D eigenvalue weighted by molar-refractivity contribution is 0.0410. The summed E-state index contributed by atoms with van der Waals surface area (Å²) in [5, 5.41) is 0. The van der Waals surface area contributed by atoms with E-state index in [0.717, 1.165) is 56.7 Å². The third-order valence-electron chi connectivity index (χ3n) is 5.76. The van der Waals surface area contributed by atoms with Crippen LogP contribution >= 0.6 is 24.2 Å². The van der Waals surface area contributed by atoms with Crippen LogP contribution in [0.15, 0.2) is 52.3 Å². The number of ketones is 1. The molecule has 2 aromatic carbocycles. The number of nitrogens with zero attached hydrogens (tertiary/aromatic N) is 2. The van der Waals surface area contributed by atoms with Crippen molar-refractivity contribution in [3.05, 3.63) is 48.0 Å². The Balaban J connectivity index is 0.00000240. The molecule has 0 amide bonds. The Hall–Kier alpha value is -1.53. The molecule has 0 spiro atoms. The maximum absolute atomic E-state index is 11.9. The van der Waals surface area contributed by atoms with Crippen molar-refractivity contribution in [2.24, 2.45) is 0 Å². The highest BCUT2D eigenvalue weighted by atomic mass is 35.5. The van der Waals surface area contributed by atoms with Crippen molar-refractivity contribution in [3.63, 3.8) is 0 Å². The number of carbonyl (C=O) groups excluding carboxylic acids is 1. The van der Waals surface area contributed by atoms with E-state index in [0.29, 0.717) is 6.10 Å². The molecule has 29 heavy (non-hydrogen) atoms. The highest BCUT2D eigenvalue weighted by Crippen LogP contribution is 2.48. The van der Waals surface area contributed by atoms with Gasteiger partial charge in [0.2, 0.25) is 0 Å². The number of ether oxygens (including phenoxy) is 1. The lowest BCUT2D eigenvalue weighted by atomic mass is 10.1. The van der Waals surface area contributed by atoms with Crippen LogP contribution in [-0.4, -0.2) is 50.1 Å². The van der Waals surface area contributed by atoms with Gasteiger partial charge in [0, 0.05) is 42.1 Å². The molecule has 156 valence electrons. The van der Waals surface area contributed by atoms with Crippen LogP contribution < -0.4 is 4.90 Å². The molecule has 0 N–H and O–H groups in total. The Kier molecular flexibility index (Phi) is 7.63. The quantitative estimate of drug-likeness (QED) is 0.569. The van der Waals surface area contributed by atoms with Crippen LogP contribution in [-0.2, 0) is 4.74 Å². The highest BCUT2D eigenvalue weighted by Gasteiger charge is 2.24. The van der Waals surface area contributed by atoms with Crippen LogP contribution in [0.5, 0.6) is 0 Å². The Bertz CT molecular complexity index is 853. The first-order valence-electron chi connectivity index (χ1n) is 10.1. The number of rotatable bonds is 6. The van der Waals surface area contributed by atoms with Crippen LogP contribution in [0.4, 0.5) is 11.4 Å². The van der Waals surface area contributed by atoms with Crippen LogP contribution in [0.1, 0.15) is 36.5 Å². The maximum atomic E-state index is 11.9. The maximum Gasteiger partial charge on any atom is 0.159 e. The number of hydrogen-bond acceptors (Lipinski definition) is 5. The number of para-hydroxylation sites is 1. The van der Waals surface area contributed by atoms with E-state index in [1.54, 1.807) is 18.7 Å². The fourth-order valence-electron chi connectivity index (χ4n) is 4.11. The van der Waals surface area contributed by atoms with Gasteiger partial charge >= 0.3 is 0 Å². The SMILES string of the molecule is COC1CCN(CCCN2c3ccccc3Sc3ccc(C(C)=O)cc32)CC1.Cl. The summed E-state index contributed by atoms with van der Waals surface area (Å²) in [5.41, 5.74) is 3.19. The second kappa shape index (κ2) is 9.98. The number of Topliss-reactive ketones (excluding diaryl/α,β-unsaturated/α-hetero) is 1. The van der Waals surface area contributed by atoms with E-state index in [2.05, 4.69) is 46.2 Å². The number of likely N-dealkylation sites (tertiary alicyclic amines) is 1. The third kappa shape index (κ3) is 4.97. The smallest absolute Gasteiger partial charge is 0.159 e. The van der Waals surface area contributed by atoms with Crippen molar-refractivity contribution >= 4 is 41.3 Å². The van der Waals surface area contributed by atoms with Crippen molar-refractivity contribution in [2.75, 3.05) is 38.2 Å². The Labute approximate surface area is 184 Å². The third-order valence-corrected chi connectivity index (χ3v) is 6.89. The van der Waals surface area contributed by atoms with Crippen molar-refractivity contribution in [3.8, 4) is 0 Å². The van der Waals surface area contributed by atoms with Crippen molar-refractivity contribution in [1.82, 2.24) is 4.90 Å². The van der Waals surface area contributed by atoms with E-state index in [1.807, 2.05) is 13.2 Å². The predicted molar refractivity (Wildman–Crippen MR) is 122 cm³/mol. The van der Waals surface area contributed by atoms with Gasteiger partial charge in [-0.25, -0.2) is 0 Å². The minimum atomic E-state index is 0. The topological polar surface area (TPSA) is 32.8 Å². The van der Waals surface area contributed by atoms with Crippen molar-refractivity contribution in [2.45, 2.75) is 42.1 Å². The highest BCUT2D eigenvalue weighted by molar-refractivity contribution is 7.99. The molecule has 2 heterocycles. The van der Waals surface area contributed by atoms with E-state index in [4.69, 9.17) is 4.74 Å². The molecular formula is C23H29ClN2O2S. The summed E-state index contributed by atoms with van der Waals surface area (Å²) in [4.78, 5) is 19.4. The average Bonchev–Trinajstić information content (AvgIpc) is 2.73. The van der Waals surface area contributed by atoms with E-state index < -0.39 is 0 Å². The zero-order chi connectivity index (χ0) is 19.5. The van der Waals surface area contributed by atoms with E-state index in [1.165, 1.54) is 15.5 Å². The summed E-state index contributed by atoms with van der Waals surface area (Å²) < 4.78 is 5.48. The van der Waals surface area contributed by atoms with Crippen LogP contribution in [0.3, 0.4) is 0 Å². The molecule has 0 atom stereocenters. The van der Waals surface area contributed by atoms with Crippen LogP contribution in [0.25, 0.3) is 0 Å². The first kappa shape index (κ1) is 22.2. The van der Waals surface area contributed by atoms with E-state index >= 15 is 0 Å². The molecule has 0 bridgehead atoms. The van der Waals surface area contributed by atoms with Gasteiger partial charge in [0.25, 0.3) is 0 Å². The van der Waals surface area contributed by atoms with Gasteiger partial charge < -0.3 is 14.5 Å². The molecule has 2 aliphatic rings. The molecule has 2 aliphatic heterocycles. The first-order chi connectivity index (χ1) is 13.7. The number of benzene rings is 2. The number of piperidine rings is 1. The molecule has 1 fully saturated rings. The second-order valence-corrected chi connectivity index (χ2v) is 8.67. The summed E-state index contributed by atoms with van der Waals surface area (Å²) in [6.45, 7) is 5.94. The van der Waals surface area contributed by atoms with E-state index in [9.17, 15) is 4.79 Å². The van der Waals surface area contributed by atoms with Crippen molar-refractivity contribution < 1.29 is 9.53 Å².